The van der Waals surface area contributed by atoms with Crippen LogP contribution in [0.4, 0.5) is 0 Å². The van der Waals surface area contributed by atoms with E-state index in [-0.39, 0.29) is 18.5 Å². The van der Waals surface area contributed by atoms with Gasteiger partial charge in [-0.1, -0.05) is 281 Å². The molecule has 71 heavy (non-hydrogen) atoms. The van der Waals surface area contributed by atoms with E-state index in [9.17, 15) is 19.8 Å². The van der Waals surface area contributed by atoms with E-state index in [4.69, 9.17) is 4.74 Å². The van der Waals surface area contributed by atoms with E-state index in [1.165, 1.54) is 244 Å². The minimum atomic E-state index is -0.856. The number of hydrogen-bond acceptors (Lipinski definition) is 5. The van der Waals surface area contributed by atoms with Gasteiger partial charge in [0.05, 0.1) is 25.4 Å². The zero-order valence-electron chi connectivity index (χ0n) is 47.7. The Bertz CT molecular complexity index is 1150. The molecule has 2 atom stereocenters. The number of unbranched alkanes of at least 4 members (excludes halogenated alkanes) is 44. The summed E-state index contributed by atoms with van der Waals surface area (Å²) in [6, 6.07) is -0.641. The molecule has 0 aromatic rings. The number of carbonyl (C=O) groups is 2. The van der Waals surface area contributed by atoms with Crippen LogP contribution in [0.2, 0.25) is 0 Å². The van der Waals surface area contributed by atoms with Crippen molar-refractivity contribution in [3.8, 4) is 0 Å². The minimum absolute atomic E-state index is 0.0137. The first-order valence-electron chi connectivity index (χ1n) is 31.8. The first kappa shape index (κ1) is 69.1. The molecule has 0 saturated heterocycles. The number of rotatable bonds is 59. The molecule has 2 unspecified atom stereocenters. The maximum atomic E-state index is 12.5. The van der Waals surface area contributed by atoms with Gasteiger partial charge in [-0.25, -0.2) is 0 Å². The fourth-order valence-corrected chi connectivity index (χ4v) is 9.74. The van der Waals surface area contributed by atoms with Gasteiger partial charge >= 0.3 is 5.97 Å². The van der Waals surface area contributed by atoms with Crippen LogP contribution in [0.1, 0.15) is 341 Å². The molecule has 6 heteroatoms. The summed E-state index contributed by atoms with van der Waals surface area (Å²) in [5.41, 5.74) is 0. The highest BCUT2D eigenvalue weighted by Crippen LogP contribution is 2.17. The van der Waals surface area contributed by atoms with Crippen molar-refractivity contribution in [1.29, 1.82) is 0 Å². The number of aliphatic hydroxyl groups is 2. The number of esters is 1. The molecule has 6 nitrogen and oxygen atoms in total. The first-order chi connectivity index (χ1) is 35.0. The van der Waals surface area contributed by atoms with Crippen molar-refractivity contribution in [3.05, 3.63) is 36.5 Å². The Labute approximate surface area is 443 Å². The molecule has 0 aliphatic carbocycles. The van der Waals surface area contributed by atoms with Crippen LogP contribution in [0.3, 0.4) is 0 Å². The molecule has 1 amide bonds. The molecule has 0 radical (unpaired) electrons. The SMILES string of the molecule is CCCCCCCCC/C=C\CCCCCCCCCC(=O)OCCCCCC/C=C\CCCCCCCCCC(=O)NC(CO)C(O)/C=C/CCCCCCCCCCCCCCCCCCCCC. The lowest BCUT2D eigenvalue weighted by Crippen LogP contribution is -2.45. The monoisotopic (exact) mass is 998 g/mol. The summed E-state index contributed by atoms with van der Waals surface area (Å²) < 4.78 is 5.48. The average Bonchev–Trinajstić information content (AvgIpc) is 3.37. The molecular weight excluding hydrogens is 875 g/mol. The van der Waals surface area contributed by atoms with Gasteiger partial charge in [-0.05, 0) is 83.5 Å². The predicted molar refractivity (Wildman–Crippen MR) is 310 cm³/mol. The molecule has 0 aromatic heterocycles. The van der Waals surface area contributed by atoms with Crippen molar-refractivity contribution < 1.29 is 24.5 Å². The topological polar surface area (TPSA) is 95.9 Å². The zero-order valence-corrected chi connectivity index (χ0v) is 47.7. The van der Waals surface area contributed by atoms with Crippen molar-refractivity contribution in [2.24, 2.45) is 0 Å². The summed E-state index contributed by atoms with van der Waals surface area (Å²) in [4.78, 5) is 24.6. The predicted octanol–water partition coefficient (Wildman–Crippen LogP) is 20.0. The minimum Gasteiger partial charge on any atom is -0.466 e. The van der Waals surface area contributed by atoms with Gasteiger partial charge in [-0.3, -0.25) is 9.59 Å². The number of aliphatic hydroxyl groups excluding tert-OH is 2. The molecular formula is C65H123NO5. The number of amides is 1. The zero-order chi connectivity index (χ0) is 51.4. The molecule has 0 aliphatic heterocycles. The Morgan fingerprint density at radius 1 is 0.380 bits per heavy atom. The standard InChI is InChI=1S/C65H123NO5/c1-3-5-7-9-11-13-15-17-19-21-23-24-25-26-29-33-37-41-45-49-53-57-63(68)62(61-67)66-64(69)58-54-50-46-42-38-34-30-28-32-36-40-44-48-52-56-60-71-65(70)59-55-51-47-43-39-35-31-27-22-20-18-16-14-12-10-8-6-4-2/h20,22,32,36,53,57,62-63,67-68H,3-19,21,23-31,33-35,37-52,54-56,58-61H2,1-2H3,(H,66,69)/b22-20-,36-32-,57-53+. The second-order valence-corrected chi connectivity index (χ2v) is 21.7. The third-order valence-corrected chi connectivity index (χ3v) is 14.6. The summed E-state index contributed by atoms with van der Waals surface area (Å²) in [5.74, 6) is -0.0945. The summed E-state index contributed by atoms with van der Waals surface area (Å²) >= 11 is 0. The van der Waals surface area contributed by atoms with Gasteiger partial charge < -0.3 is 20.3 Å². The summed E-state index contributed by atoms with van der Waals surface area (Å²) in [5, 5.41) is 23.2. The van der Waals surface area contributed by atoms with E-state index < -0.39 is 12.1 Å². The lowest BCUT2D eigenvalue weighted by Gasteiger charge is -2.20. The third-order valence-electron chi connectivity index (χ3n) is 14.6. The summed E-state index contributed by atoms with van der Waals surface area (Å²) in [6.07, 6.45) is 76.1. The smallest absolute Gasteiger partial charge is 0.305 e. The normalized spacial score (nSPS) is 12.8. The van der Waals surface area contributed by atoms with Gasteiger partial charge in [0.25, 0.3) is 0 Å². The van der Waals surface area contributed by atoms with Gasteiger partial charge in [0.2, 0.25) is 5.91 Å². The second-order valence-electron chi connectivity index (χ2n) is 21.7. The maximum absolute atomic E-state index is 12.5. The van der Waals surface area contributed by atoms with Crippen LogP contribution in [-0.2, 0) is 14.3 Å². The third kappa shape index (κ3) is 57.2. The Balaban J connectivity index is 3.49. The van der Waals surface area contributed by atoms with Crippen molar-refractivity contribution in [1.82, 2.24) is 5.32 Å². The first-order valence-corrected chi connectivity index (χ1v) is 31.8. The Morgan fingerprint density at radius 2 is 0.662 bits per heavy atom. The van der Waals surface area contributed by atoms with Crippen LogP contribution in [0.5, 0.6) is 0 Å². The van der Waals surface area contributed by atoms with Crippen LogP contribution < -0.4 is 5.32 Å². The van der Waals surface area contributed by atoms with E-state index in [1.54, 1.807) is 6.08 Å². The molecule has 0 heterocycles. The molecule has 418 valence electrons. The van der Waals surface area contributed by atoms with E-state index in [2.05, 4.69) is 43.5 Å². The van der Waals surface area contributed by atoms with Crippen molar-refractivity contribution >= 4 is 11.9 Å². The Hall–Kier alpha value is -1.92. The summed E-state index contributed by atoms with van der Waals surface area (Å²) in [6.45, 7) is 4.89. The van der Waals surface area contributed by atoms with Crippen LogP contribution in [0.25, 0.3) is 0 Å². The van der Waals surface area contributed by atoms with Gasteiger partial charge in [-0.15, -0.1) is 0 Å². The highest BCUT2D eigenvalue weighted by atomic mass is 16.5. The van der Waals surface area contributed by atoms with Gasteiger partial charge in [0.1, 0.15) is 0 Å². The highest BCUT2D eigenvalue weighted by Gasteiger charge is 2.18. The largest absolute Gasteiger partial charge is 0.466 e. The van der Waals surface area contributed by atoms with Crippen LogP contribution >= 0.6 is 0 Å². The Kier molecular flexibility index (Phi) is 59.0. The molecule has 0 spiro atoms. The molecule has 0 saturated carbocycles. The van der Waals surface area contributed by atoms with E-state index in [0.29, 0.717) is 19.4 Å². The number of ether oxygens (including phenoxy) is 1. The van der Waals surface area contributed by atoms with Crippen molar-refractivity contribution in [2.75, 3.05) is 13.2 Å². The van der Waals surface area contributed by atoms with E-state index >= 15 is 0 Å². The van der Waals surface area contributed by atoms with Crippen LogP contribution in [0.15, 0.2) is 36.5 Å². The van der Waals surface area contributed by atoms with Crippen molar-refractivity contribution in [2.45, 2.75) is 353 Å². The number of nitrogens with one attached hydrogen (secondary N) is 1. The van der Waals surface area contributed by atoms with Crippen molar-refractivity contribution in [3.63, 3.8) is 0 Å². The second kappa shape index (κ2) is 60.6. The van der Waals surface area contributed by atoms with Crippen LogP contribution in [0, 0.1) is 0 Å². The highest BCUT2D eigenvalue weighted by molar-refractivity contribution is 5.76. The quantitative estimate of drug-likeness (QED) is 0.0321. The lowest BCUT2D eigenvalue weighted by atomic mass is 10.0. The lowest BCUT2D eigenvalue weighted by molar-refractivity contribution is -0.143. The maximum Gasteiger partial charge on any atom is 0.305 e. The number of allylic oxidation sites excluding steroid dienone is 5. The average molecular weight is 999 g/mol. The van der Waals surface area contributed by atoms with Gasteiger partial charge in [0.15, 0.2) is 0 Å². The Morgan fingerprint density at radius 3 is 1.00 bits per heavy atom. The molecule has 0 fully saturated rings. The summed E-state index contributed by atoms with van der Waals surface area (Å²) in [7, 11) is 0. The fraction of sp³-hybridized carbons (Fsp3) is 0.877. The van der Waals surface area contributed by atoms with E-state index in [1.807, 2.05) is 6.08 Å². The van der Waals surface area contributed by atoms with E-state index in [0.717, 1.165) is 70.6 Å². The fourth-order valence-electron chi connectivity index (χ4n) is 9.74. The molecule has 0 aliphatic rings. The number of hydrogen-bond donors (Lipinski definition) is 3. The van der Waals surface area contributed by atoms with Gasteiger partial charge in [0, 0.05) is 12.8 Å². The molecule has 0 rings (SSSR count). The molecule has 0 bridgehead atoms. The van der Waals surface area contributed by atoms with Crippen LogP contribution in [-0.4, -0.2) is 47.4 Å². The molecule has 3 N–H and O–H groups in total. The van der Waals surface area contributed by atoms with Gasteiger partial charge in [-0.2, -0.15) is 0 Å². The molecule has 0 aromatic carbocycles. The number of carbonyl (C=O) groups excluding carboxylic acids is 2.